The molecule has 3 heteroatoms. The van der Waals surface area contributed by atoms with Gasteiger partial charge in [0.25, 0.3) is 0 Å². The summed E-state index contributed by atoms with van der Waals surface area (Å²) in [6.45, 7) is 4.75. The van der Waals surface area contributed by atoms with Crippen LogP contribution in [-0.2, 0) is 4.74 Å². The third-order valence-electron chi connectivity index (χ3n) is 7.19. The molecule has 0 saturated heterocycles. The molecule has 0 unspecified atom stereocenters. The van der Waals surface area contributed by atoms with Gasteiger partial charge < -0.3 is 4.74 Å². The molecule has 178 valence electrons. The summed E-state index contributed by atoms with van der Waals surface area (Å²) < 4.78 is 6.11. The van der Waals surface area contributed by atoms with E-state index in [-0.39, 0.29) is 5.60 Å². The van der Waals surface area contributed by atoms with Crippen LogP contribution in [-0.4, -0.2) is 23.0 Å². The molecule has 0 amide bonds. The average Bonchev–Trinajstić information content (AvgIpc) is 3.31. The van der Waals surface area contributed by atoms with Gasteiger partial charge in [0.05, 0.1) is 12.2 Å². The standard InChI is InChI=1S/C34H26N2O/c1-34(2)21-35-33(37-34)30-20-10-19-29(36-30)32-27-16-7-5-14-25(27)31(26-15-6-8-17-28(26)32)24-18-9-12-22-11-3-4-13-23(22)24/h3-20H,21H2,1-2H3. The van der Waals surface area contributed by atoms with Crippen molar-refractivity contribution < 1.29 is 4.74 Å². The molecule has 6 aromatic rings. The second-order valence-electron chi connectivity index (χ2n) is 10.3. The Morgan fingerprint density at radius 3 is 1.76 bits per heavy atom. The molecule has 1 aromatic heterocycles. The summed E-state index contributed by atoms with van der Waals surface area (Å²) >= 11 is 0. The predicted molar refractivity (Wildman–Crippen MR) is 154 cm³/mol. The Kier molecular flexibility index (Phi) is 4.87. The Hall–Kier alpha value is -4.50. The number of ether oxygens (including phenoxy) is 1. The first-order valence-corrected chi connectivity index (χ1v) is 12.7. The van der Waals surface area contributed by atoms with E-state index in [0.717, 1.165) is 17.0 Å². The third kappa shape index (κ3) is 3.58. The van der Waals surface area contributed by atoms with Crippen LogP contribution in [0.3, 0.4) is 0 Å². The van der Waals surface area contributed by atoms with Crippen molar-refractivity contribution >= 4 is 38.2 Å². The monoisotopic (exact) mass is 478 g/mol. The van der Waals surface area contributed by atoms with Crippen LogP contribution in [0.5, 0.6) is 0 Å². The number of rotatable bonds is 3. The maximum atomic E-state index is 6.11. The van der Waals surface area contributed by atoms with Gasteiger partial charge in [0.1, 0.15) is 11.3 Å². The summed E-state index contributed by atoms with van der Waals surface area (Å²) in [4.78, 5) is 9.72. The van der Waals surface area contributed by atoms with Crippen LogP contribution in [0.15, 0.2) is 114 Å². The molecule has 0 bridgehead atoms. The highest BCUT2D eigenvalue weighted by atomic mass is 16.5. The van der Waals surface area contributed by atoms with Crippen molar-refractivity contribution in [3.05, 3.63) is 115 Å². The lowest BCUT2D eigenvalue weighted by atomic mass is 9.86. The molecule has 1 aliphatic heterocycles. The topological polar surface area (TPSA) is 34.5 Å². The summed E-state index contributed by atoms with van der Waals surface area (Å²) in [7, 11) is 0. The fraction of sp³-hybridized carbons (Fsp3) is 0.118. The van der Waals surface area contributed by atoms with Gasteiger partial charge in [-0.1, -0.05) is 97.1 Å². The van der Waals surface area contributed by atoms with Crippen LogP contribution >= 0.6 is 0 Å². The second kappa shape index (κ2) is 8.28. The predicted octanol–water partition coefficient (Wildman–Crippen LogP) is 8.43. The van der Waals surface area contributed by atoms with Crippen LogP contribution in [0, 0.1) is 0 Å². The Morgan fingerprint density at radius 2 is 1.11 bits per heavy atom. The number of hydrogen-bond donors (Lipinski definition) is 0. The number of pyridine rings is 1. The number of aliphatic imine (C=N–C) groups is 1. The van der Waals surface area contributed by atoms with Crippen molar-refractivity contribution in [2.45, 2.75) is 19.4 Å². The van der Waals surface area contributed by atoms with E-state index in [1.165, 1.54) is 43.4 Å². The van der Waals surface area contributed by atoms with Gasteiger partial charge in [0, 0.05) is 5.56 Å². The third-order valence-corrected chi connectivity index (χ3v) is 7.19. The zero-order chi connectivity index (χ0) is 25.0. The van der Waals surface area contributed by atoms with Gasteiger partial charge in [-0.15, -0.1) is 0 Å². The van der Waals surface area contributed by atoms with E-state index in [4.69, 9.17) is 9.72 Å². The van der Waals surface area contributed by atoms with Crippen molar-refractivity contribution in [1.29, 1.82) is 0 Å². The van der Waals surface area contributed by atoms with Crippen LogP contribution < -0.4 is 0 Å². The van der Waals surface area contributed by atoms with Crippen LogP contribution in [0.25, 0.3) is 54.7 Å². The van der Waals surface area contributed by atoms with Gasteiger partial charge in [0.2, 0.25) is 5.90 Å². The molecule has 0 N–H and O–H groups in total. The van der Waals surface area contributed by atoms with E-state index in [2.05, 4.69) is 122 Å². The van der Waals surface area contributed by atoms with Crippen molar-refractivity contribution in [3.63, 3.8) is 0 Å². The Labute approximate surface area is 216 Å². The number of hydrogen-bond acceptors (Lipinski definition) is 3. The second-order valence-corrected chi connectivity index (χ2v) is 10.3. The van der Waals surface area contributed by atoms with Gasteiger partial charge in [-0.25, -0.2) is 9.98 Å². The van der Waals surface area contributed by atoms with Crippen molar-refractivity contribution in [2.75, 3.05) is 6.54 Å². The van der Waals surface area contributed by atoms with E-state index >= 15 is 0 Å². The van der Waals surface area contributed by atoms with Crippen molar-refractivity contribution in [2.24, 2.45) is 4.99 Å². The van der Waals surface area contributed by atoms with Crippen LogP contribution in [0.4, 0.5) is 0 Å². The highest BCUT2D eigenvalue weighted by Crippen LogP contribution is 2.44. The number of benzene rings is 5. The molecule has 0 fully saturated rings. The fourth-order valence-electron chi connectivity index (χ4n) is 5.55. The molecule has 0 aliphatic carbocycles. The summed E-state index contributed by atoms with van der Waals surface area (Å²) in [6, 6.07) is 38.7. The van der Waals surface area contributed by atoms with Gasteiger partial charge in [0.15, 0.2) is 0 Å². The van der Waals surface area contributed by atoms with E-state index in [1.807, 2.05) is 6.07 Å². The zero-order valence-corrected chi connectivity index (χ0v) is 20.9. The van der Waals surface area contributed by atoms with Crippen LogP contribution in [0.1, 0.15) is 19.5 Å². The lowest BCUT2D eigenvalue weighted by Gasteiger charge is -2.19. The molecule has 1 aliphatic rings. The molecule has 0 radical (unpaired) electrons. The maximum Gasteiger partial charge on any atom is 0.236 e. The highest BCUT2D eigenvalue weighted by molar-refractivity contribution is 6.23. The van der Waals surface area contributed by atoms with E-state index in [0.29, 0.717) is 12.4 Å². The normalized spacial score (nSPS) is 14.7. The first kappa shape index (κ1) is 21.8. The fourth-order valence-corrected chi connectivity index (χ4v) is 5.55. The SMILES string of the molecule is CC1(C)CN=C(c2cccc(-c3c4ccccc4c(-c4cccc5ccccc45)c4ccccc34)n2)O1. The number of fused-ring (bicyclic) bond motifs is 3. The highest BCUT2D eigenvalue weighted by Gasteiger charge is 2.29. The minimum atomic E-state index is -0.299. The summed E-state index contributed by atoms with van der Waals surface area (Å²) in [5.74, 6) is 0.618. The Bertz CT molecular complexity index is 1800. The quantitative estimate of drug-likeness (QED) is 0.239. The molecule has 0 spiro atoms. The Morgan fingerprint density at radius 1 is 0.568 bits per heavy atom. The summed E-state index contributed by atoms with van der Waals surface area (Å²) in [5, 5.41) is 7.30. The lowest BCUT2D eigenvalue weighted by molar-refractivity contribution is 0.131. The minimum absolute atomic E-state index is 0.299. The van der Waals surface area contributed by atoms with E-state index < -0.39 is 0 Å². The molecule has 3 nitrogen and oxygen atoms in total. The largest absolute Gasteiger partial charge is 0.468 e. The summed E-state index contributed by atoms with van der Waals surface area (Å²) in [6.07, 6.45) is 0. The molecular weight excluding hydrogens is 452 g/mol. The van der Waals surface area contributed by atoms with Crippen molar-refractivity contribution in [1.82, 2.24) is 4.98 Å². The molecular formula is C34H26N2O. The van der Waals surface area contributed by atoms with Gasteiger partial charge in [-0.3, -0.25) is 0 Å². The molecule has 0 saturated carbocycles. The van der Waals surface area contributed by atoms with Crippen molar-refractivity contribution in [3.8, 4) is 22.4 Å². The van der Waals surface area contributed by atoms with E-state index in [1.54, 1.807) is 0 Å². The first-order valence-electron chi connectivity index (χ1n) is 12.7. The maximum absolute atomic E-state index is 6.11. The first-order chi connectivity index (χ1) is 18.1. The zero-order valence-electron chi connectivity index (χ0n) is 20.9. The number of aromatic nitrogens is 1. The molecule has 37 heavy (non-hydrogen) atoms. The molecule has 0 atom stereocenters. The minimum Gasteiger partial charge on any atom is -0.468 e. The molecule has 5 aromatic carbocycles. The summed E-state index contributed by atoms with van der Waals surface area (Å²) in [5.41, 5.74) is 5.03. The lowest BCUT2D eigenvalue weighted by Crippen LogP contribution is -2.24. The van der Waals surface area contributed by atoms with Gasteiger partial charge in [-0.2, -0.15) is 0 Å². The van der Waals surface area contributed by atoms with Crippen LogP contribution in [0.2, 0.25) is 0 Å². The molecule has 7 rings (SSSR count). The van der Waals surface area contributed by atoms with E-state index in [9.17, 15) is 0 Å². The number of nitrogens with zero attached hydrogens (tertiary/aromatic N) is 2. The van der Waals surface area contributed by atoms with Gasteiger partial charge >= 0.3 is 0 Å². The smallest absolute Gasteiger partial charge is 0.236 e. The Balaban J connectivity index is 1.54. The average molecular weight is 479 g/mol. The van der Waals surface area contributed by atoms with Gasteiger partial charge in [-0.05, 0) is 69.4 Å². The molecule has 2 heterocycles.